The number of hydrogen-bond donors (Lipinski definition) is 1. The number of benzene rings is 2. The van der Waals surface area contributed by atoms with Crippen LogP contribution < -0.4 is 5.32 Å². The van der Waals surface area contributed by atoms with Gasteiger partial charge in [0.1, 0.15) is 5.82 Å². The van der Waals surface area contributed by atoms with Crippen LogP contribution in [0.3, 0.4) is 0 Å². The normalized spacial score (nSPS) is 12.1. The van der Waals surface area contributed by atoms with Crippen molar-refractivity contribution in [3.63, 3.8) is 0 Å². The van der Waals surface area contributed by atoms with E-state index in [0.29, 0.717) is 6.54 Å². The molecule has 1 unspecified atom stereocenters. The third kappa shape index (κ3) is 5.01. The molecule has 0 aliphatic heterocycles. The number of nitrogens with one attached hydrogen (secondary N) is 1. The van der Waals surface area contributed by atoms with Crippen LogP contribution >= 0.6 is 0 Å². The lowest BCUT2D eigenvalue weighted by Crippen LogP contribution is -2.35. The summed E-state index contributed by atoms with van der Waals surface area (Å²) in [6, 6.07) is 16.1. The first kappa shape index (κ1) is 18.8. The van der Waals surface area contributed by atoms with E-state index >= 15 is 0 Å². The molecule has 0 spiro atoms. The first-order chi connectivity index (χ1) is 13.0. The van der Waals surface area contributed by atoms with E-state index in [9.17, 15) is 9.18 Å². The van der Waals surface area contributed by atoms with E-state index in [2.05, 4.69) is 10.4 Å². The molecule has 140 valence electrons. The summed E-state index contributed by atoms with van der Waals surface area (Å²) >= 11 is 0. The van der Waals surface area contributed by atoms with E-state index in [0.717, 1.165) is 16.8 Å². The Balaban J connectivity index is 1.59. The summed E-state index contributed by atoms with van der Waals surface area (Å²) in [7, 11) is 3.82. The molecule has 0 aliphatic rings. The van der Waals surface area contributed by atoms with E-state index < -0.39 is 0 Å². The number of carbonyl (C=O) groups is 1. The number of carbonyl (C=O) groups excluding carboxylic acids is 1. The van der Waals surface area contributed by atoms with Gasteiger partial charge in [0.2, 0.25) is 5.91 Å². The van der Waals surface area contributed by atoms with Crippen molar-refractivity contribution in [3.05, 3.63) is 83.9 Å². The molecule has 0 saturated heterocycles. The zero-order valence-corrected chi connectivity index (χ0v) is 15.5. The number of likely N-dealkylation sites (N-methyl/N-ethyl adjacent to an activating group) is 1. The molecular weight excluding hydrogens is 343 g/mol. The zero-order valence-electron chi connectivity index (χ0n) is 15.5. The van der Waals surface area contributed by atoms with E-state index in [4.69, 9.17) is 0 Å². The van der Waals surface area contributed by atoms with Crippen LogP contribution in [0.5, 0.6) is 0 Å². The Bertz CT molecular complexity index is 892. The molecular formula is C21H23FN4O. The highest BCUT2D eigenvalue weighted by molar-refractivity contribution is 5.78. The molecule has 27 heavy (non-hydrogen) atoms. The second-order valence-electron chi connectivity index (χ2n) is 6.64. The van der Waals surface area contributed by atoms with Gasteiger partial charge in [-0.2, -0.15) is 5.10 Å². The molecule has 3 rings (SSSR count). The quantitative estimate of drug-likeness (QED) is 0.699. The van der Waals surface area contributed by atoms with E-state index in [1.54, 1.807) is 16.9 Å². The summed E-state index contributed by atoms with van der Waals surface area (Å²) < 4.78 is 15.3. The van der Waals surface area contributed by atoms with E-state index in [-0.39, 0.29) is 24.2 Å². The maximum absolute atomic E-state index is 13.5. The number of aromatic nitrogens is 2. The average Bonchev–Trinajstić information content (AvgIpc) is 3.11. The lowest BCUT2D eigenvalue weighted by molar-refractivity contribution is -0.120. The number of rotatable bonds is 7. The number of hydrogen-bond acceptors (Lipinski definition) is 3. The van der Waals surface area contributed by atoms with Crippen LogP contribution in [-0.2, 0) is 11.2 Å². The Hall–Kier alpha value is -2.99. The number of nitrogens with zero attached hydrogens (tertiary/aromatic N) is 3. The van der Waals surface area contributed by atoms with Crippen LogP contribution in [0.4, 0.5) is 4.39 Å². The first-order valence-electron chi connectivity index (χ1n) is 8.80. The van der Waals surface area contributed by atoms with Gasteiger partial charge in [0, 0.05) is 12.7 Å². The van der Waals surface area contributed by atoms with Crippen molar-refractivity contribution in [2.75, 3.05) is 20.6 Å². The average molecular weight is 366 g/mol. The molecule has 1 heterocycles. The van der Waals surface area contributed by atoms with Crippen molar-refractivity contribution in [3.8, 4) is 5.69 Å². The van der Waals surface area contributed by atoms with Gasteiger partial charge >= 0.3 is 0 Å². The molecule has 1 amide bonds. The Morgan fingerprint density at radius 2 is 1.96 bits per heavy atom. The molecule has 0 bridgehead atoms. The summed E-state index contributed by atoms with van der Waals surface area (Å²) in [4.78, 5) is 14.3. The lowest BCUT2D eigenvalue weighted by atomic mass is 10.1. The maximum atomic E-state index is 13.5. The second-order valence-corrected chi connectivity index (χ2v) is 6.64. The summed E-state index contributed by atoms with van der Waals surface area (Å²) in [5.74, 6) is -0.370. The molecule has 3 aromatic rings. The minimum absolute atomic E-state index is 0.0918. The third-order valence-corrected chi connectivity index (χ3v) is 4.37. The predicted octanol–water partition coefficient (Wildman–Crippen LogP) is 2.97. The number of halogens is 1. The van der Waals surface area contributed by atoms with Crippen molar-refractivity contribution < 1.29 is 9.18 Å². The maximum Gasteiger partial charge on any atom is 0.224 e. The van der Waals surface area contributed by atoms with Crippen molar-refractivity contribution in [2.45, 2.75) is 12.5 Å². The van der Waals surface area contributed by atoms with Gasteiger partial charge in [0.15, 0.2) is 0 Å². The van der Waals surface area contributed by atoms with Gasteiger partial charge < -0.3 is 10.2 Å². The molecule has 1 N–H and O–H groups in total. The van der Waals surface area contributed by atoms with Crippen LogP contribution in [0.25, 0.3) is 5.69 Å². The molecule has 0 saturated carbocycles. The highest BCUT2D eigenvalue weighted by Gasteiger charge is 2.16. The van der Waals surface area contributed by atoms with Gasteiger partial charge in [0.25, 0.3) is 0 Å². The molecule has 6 heteroatoms. The third-order valence-electron chi connectivity index (χ3n) is 4.37. The van der Waals surface area contributed by atoms with Crippen molar-refractivity contribution >= 4 is 5.91 Å². The van der Waals surface area contributed by atoms with Crippen LogP contribution in [0.1, 0.15) is 17.2 Å². The van der Waals surface area contributed by atoms with Gasteiger partial charge in [-0.15, -0.1) is 0 Å². The topological polar surface area (TPSA) is 50.2 Å². The molecule has 1 aromatic heterocycles. The summed E-state index contributed by atoms with van der Waals surface area (Å²) in [5, 5.41) is 7.25. The Morgan fingerprint density at radius 3 is 2.67 bits per heavy atom. The number of amides is 1. The number of para-hydroxylation sites is 1. The summed E-state index contributed by atoms with van der Waals surface area (Å²) in [6.45, 7) is 0.405. The van der Waals surface area contributed by atoms with Gasteiger partial charge in [-0.25, -0.2) is 9.07 Å². The molecule has 2 aromatic carbocycles. The minimum Gasteiger partial charge on any atom is -0.354 e. The predicted molar refractivity (Wildman–Crippen MR) is 103 cm³/mol. The van der Waals surface area contributed by atoms with Gasteiger partial charge in [0.05, 0.1) is 24.3 Å². The summed E-state index contributed by atoms with van der Waals surface area (Å²) in [5.41, 5.74) is 2.61. The first-order valence-corrected chi connectivity index (χ1v) is 8.80. The fourth-order valence-electron chi connectivity index (χ4n) is 2.94. The van der Waals surface area contributed by atoms with E-state index in [1.807, 2.05) is 61.6 Å². The standard InChI is InChI=1S/C21H23FN4O/c1-25(2)20(17-7-6-8-18(22)12-17)14-23-21(27)11-16-13-24-26(15-16)19-9-4-3-5-10-19/h3-10,12-13,15,20H,11,14H2,1-2H3,(H,23,27). The Kier molecular flexibility index (Phi) is 5.98. The fourth-order valence-corrected chi connectivity index (χ4v) is 2.94. The van der Waals surface area contributed by atoms with E-state index in [1.165, 1.54) is 12.1 Å². The summed E-state index contributed by atoms with van der Waals surface area (Å²) in [6.07, 6.45) is 3.80. The Morgan fingerprint density at radius 1 is 1.19 bits per heavy atom. The monoisotopic (exact) mass is 366 g/mol. The van der Waals surface area contributed by atoms with Crippen LogP contribution in [0, 0.1) is 5.82 Å². The van der Waals surface area contributed by atoms with Gasteiger partial charge in [-0.05, 0) is 49.5 Å². The highest BCUT2D eigenvalue weighted by atomic mass is 19.1. The van der Waals surface area contributed by atoms with Gasteiger partial charge in [-0.3, -0.25) is 4.79 Å². The minimum atomic E-state index is -0.279. The SMILES string of the molecule is CN(C)C(CNC(=O)Cc1cnn(-c2ccccc2)c1)c1cccc(F)c1. The van der Waals surface area contributed by atoms with Crippen LogP contribution in [-0.4, -0.2) is 41.2 Å². The highest BCUT2D eigenvalue weighted by Crippen LogP contribution is 2.18. The smallest absolute Gasteiger partial charge is 0.224 e. The van der Waals surface area contributed by atoms with Crippen molar-refractivity contribution in [1.29, 1.82) is 0 Å². The van der Waals surface area contributed by atoms with Crippen molar-refractivity contribution in [1.82, 2.24) is 20.0 Å². The Labute approximate surface area is 158 Å². The zero-order chi connectivity index (χ0) is 19.2. The molecule has 1 atom stereocenters. The van der Waals surface area contributed by atoms with Gasteiger partial charge in [-0.1, -0.05) is 30.3 Å². The van der Waals surface area contributed by atoms with Crippen LogP contribution in [0.15, 0.2) is 67.0 Å². The van der Waals surface area contributed by atoms with Crippen molar-refractivity contribution in [2.24, 2.45) is 0 Å². The fraction of sp³-hybridized carbons (Fsp3) is 0.238. The second kappa shape index (κ2) is 8.60. The molecule has 0 fully saturated rings. The lowest BCUT2D eigenvalue weighted by Gasteiger charge is -2.25. The molecule has 5 nitrogen and oxygen atoms in total. The largest absolute Gasteiger partial charge is 0.354 e. The van der Waals surface area contributed by atoms with Crippen LogP contribution in [0.2, 0.25) is 0 Å². The molecule has 0 radical (unpaired) electrons. The molecule has 0 aliphatic carbocycles.